The van der Waals surface area contributed by atoms with Crippen molar-refractivity contribution in [3.05, 3.63) is 37.8 Å². The number of hydrogen-bond donors (Lipinski definition) is 0. The van der Waals surface area contributed by atoms with Crippen molar-refractivity contribution in [3.8, 4) is 0 Å². The van der Waals surface area contributed by atoms with Crippen LogP contribution in [0.25, 0.3) is 0 Å². The van der Waals surface area contributed by atoms with Gasteiger partial charge in [0, 0.05) is 11.4 Å². The van der Waals surface area contributed by atoms with Gasteiger partial charge in [-0.15, -0.1) is 0 Å². The molecule has 0 amide bonds. The van der Waals surface area contributed by atoms with E-state index in [4.69, 9.17) is 0 Å². The highest BCUT2D eigenvalue weighted by atomic mass is 79.9. The van der Waals surface area contributed by atoms with Crippen LogP contribution in [0.5, 0.6) is 0 Å². The molecule has 88 valence electrons. The summed E-state index contributed by atoms with van der Waals surface area (Å²) in [5.74, 6) is 0. The predicted molar refractivity (Wildman–Crippen MR) is 58.4 cm³/mol. The third kappa shape index (κ3) is 2.54. The fourth-order valence-corrected chi connectivity index (χ4v) is 2.39. The maximum atomic E-state index is 12.7. The summed E-state index contributed by atoms with van der Waals surface area (Å²) in [6.45, 7) is 0. The molecule has 16 heavy (non-hydrogen) atoms. The summed E-state index contributed by atoms with van der Waals surface area (Å²) in [4.78, 5) is 9.63. The average molecular weight is 363 g/mol. The first-order valence-corrected chi connectivity index (χ1v) is 5.79. The van der Waals surface area contributed by atoms with E-state index in [9.17, 15) is 23.3 Å². The molecule has 1 aromatic carbocycles. The molecule has 0 aliphatic carbocycles. The molecule has 0 bridgehead atoms. The van der Waals surface area contributed by atoms with Crippen LogP contribution in [0.3, 0.4) is 0 Å². The van der Waals surface area contributed by atoms with Crippen LogP contribution in [0.2, 0.25) is 0 Å². The average Bonchev–Trinajstić information content (AvgIpc) is 2.14. The number of nitro groups is 1. The van der Waals surface area contributed by atoms with Crippen molar-refractivity contribution in [3.63, 3.8) is 0 Å². The van der Waals surface area contributed by atoms with Gasteiger partial charge in [-0.05, 0) is 21.5 Å². The summed E-state index contributed by atoms with van der Waals surface area (Å²) in [7, 11) is 0. The van der Waals surface area contributed by atoms with E-state index in [0.717, 1.165) is 12.1 Å². The van der Waals surface area contributed by atoms with Crippen molar-refractivity contribution >= 4 is 37.5 Å². The molecule has 0 fully saturated rings. The Morgan fingerprint density at radius 2 is 1.94 bits per heavy atom. The van der Waals surface area contributed by atoms with E-state index < -0.39 is 26.8 Å². The largest absolute Gasteiger partial charge is 0.418 e. The second-order valence-electron chi connectivity index (χ2n) is 2.82. The van der Waals surface area contributed by atoms with Gasteiger partial charge >= 0.3 is 6.18 Å². The number of nitrogens with zero attached hydrogens (tertiary/aromatic N) is 1. The summed E-state index contributed by atoms with van der Waals surface area (Å²) in [5.41, 5.74) is -1.67. The zero-order valence-corrected chi connectivity index (χ0v) is 10.7. The van der Waals surface area contributed by atoms with Gasteiger partial charge < -0.3 is 0 Å². The molecule has 0 atom stereocenters. The van der Waals surface area contributed by atoms with E-state index in [0.29, 0.717) is 0 Å². The number of hydrogen-bond acceptors (Lipinski definition) is 2. The van der Waals surface area contributed by atoms with Crippen molar-refractivity contribution in [1.29, 1.82) is 0 Å². The lowest BCUT2D eigenvalue weighted by atomic mass is 10.1. The standard InChI is InChI=1S/C8H4Br2F3NO2/c9-3-4-1-2-5(14(15)16)7(10)6(4)8(11,12)13/h1-2H,3H2. The monoisotopic (exact) mass is 361 g/mol. The Hall–Kier alpha value is -0.630. The number of benzene rings is 1. The Labute approximate surface area is 105 Å². The van der Waals surface area contributed by atoms with Crippen LogP contribution in [0.15, 0.2) is 16.6 Å². The van der Waals surface area contributed by atoms with E-state index in [1.807, 2.05) is 0 Å². The molecule has 8 heteroatoms. The van der Waals surface area contributed by atoms with Crippen LogP contribution >= 0.6 is 31.9 Å². The third-order valence-corrected chi connectivity index (χ3v) is 3.24. The lowest BCUT2D eigenvalue weighted by Gasteiger charge is -2.13. The van der Waals surface area contributed by atoms with Crippen molar-refractivity contribution in [2.24, 2.45) is 0 Å². The molecule has 1 aromatic rings. The predicted octanol–water partition coefficient (Wildman–Crippen LogP) is 4.27. The highest BCUT2D eigenvalue weighted by molar-refractivity contribution is 9.10. The minimum atomic E-state index is -4.63. The van der Waals surface area contributed by atoms with E-state index in [-0.39, 0.29) is 10.9 Å². The molecular weight excluding hydrogens is 359 g/mol. The van der Waals surface area contributed by atoms with Crippen molar-refractivity contribution in [2.45, 2.75) is 11.5 Å². The highest BCUT2D eigenvalue weighted by Crippen LogP contribution is 2.42. The lowest BCUT2D eigenvalue weighted by Crippen LogP contribution is -2.10. The number of alkyl halides is 4. The smallest absolute Gasteiger partial charge is 0.258 e. The van der Waals surface area contributed by atoms with Gasteiger partial charge in [0.2, 0.25) is 0 Å². The molecule has 0 N–H and O–H groups in total. The fraction of sp³-hybridized carbons (Fsp3) is 0.250. The fourth-order valence-electron chi connectivity index (χ4n) is 1.16. The van der Waals surface area contributed by atoms with Gasteiger partial charge in [0.1, 0.15) is 4.47 Å². The molecule has 0 aliphatic heterocycles. The topological polar surface area (TPSA) is 43.1 Å². The summed E-state index contributed by atoms with van der Waals surface area (Å²) < 4.78 is 37.5. The van der Waals surface area contributed by atoms with Crippen LogP contribution in [-0.2, 0) is 11.5 Å². The molecule has 1 rings (SSSR count). The quantitative estimate of drug-likeness (QED) is 0.448. The number of halogens is 5. The first kappa shape index (κ1) is 13.4. The van der Waals surface area contributed by atoms with Crippen molar-refractivity contribution in [2.75, 3.05) is 0 Å². The van der Waals surface area contributed by atoms with Crippen LogP contribution in [0.4, 0.5) is 18.9 Å². The molecule has 0 heterocycles. The highest BCUT2D eigenvalue weighted by Gasteiger charge is 2.38. The number of rotatable bonds is 2. The van der Waals surface area contributed by atoms with Crippen LogP contribution in [0, 0.1) is 10.1 Å². The van der Waals surface area contributed by atoms with Crippen LogP contribution < -0.4 is 0 Å². The van der Waals surface area contributed by atoms with E-state index in [1.54, 1.807) is 0 Å². The molecule has 0 aromatic heterocycles. The number of nitro benzene ring substituents is 1. The molecule has 0 unspecified atom stereocenters. The molecule has 0 saturated carbocycles. The zero-order chi connectivity index (χ0) is 12.5. The third-order valence-electron chi connectivity index (χ3n) is 1.83. The minimum absolute atomic E-state index is 0.0293. The Morgan fingerprint density at radius 3 is 2.31 bits per heavy atom. The summed E-state index contributed by atoms with van der Waals surface area (Å²) in [6.07, 6.45) is -4.63. The Kier molecular flexibility index (Phi) is 3.95. The molecule has 0 saturated heterocycles. The van der Waals surface area contributed by atoms with Gasteiger partial charge in [0.15, 0.2) is 0 Å². The Balaban J connectivity index is 3.53. The van der Waals surface area contributed by atoms with Crippen LogP contribution in [-0.4, -0.2) is 4.92 Å². The first-order chi connectivity index (χ1) is 7.29. The minimum Gasteiger partial charge on any atom is -0.258 e. The molecule has 0 spiro atoms. The van der Waals surface area contributed by atoms with Crippen molar-refractivity contribution in [1.82, 2.24) is 0 Å². The second kappa shape index (κ2) is 4.70. The normalized spacial score (nSPS) is 11.6. The van der Waals surface area contributed by atoms with Crippen molar-refractivity contribution < 1.29 is 18.1 Å². The molecule has 0 radical (unpaired) electrons. The van der Waals surface area contributed by atoms with E-state index in [2.05, 4.69) is 31.9 Å². The summed E-state index contributed by atoms with van der Waals surface area (Å²) >= 11 is 5.53. The molecular formula is C8H4Br2F3NO2. The maximum Gasteiger partial charge on any atom is 0.418 e. The van der Waals surface area contributed by atoms with Gasteiger partial charge in [-0.3, -0.25) is 10.1 Å². The lowest BCUT2D eigenvalue weighted by molar-refractivity contribution is -0.386. The second-order valence-corrected chi connectivity index (χ2v) is 4.18. The summed E-state index contributed by atoms with van der Waals surface area (Å²) in [6, 6.07) is 2.12. The van der Waals surface area contributed by atoms with Gasteiger partial charge in [0.05, 0.1) is 10.5 Å². The summed E-state index contributed by atoms with van der Waals surface area (Å²) in [5, 5.41) is 10.5. The SMILES string of the molecule is O=[N+]([O-])c1ccc(CBr)c(C(F)(F)F)c1Br. The van der Waals surface area contributed by atoms with Gasteiger partial charge in [0.25, 0.3) is 5.69 Å². The maximum absolute atomic E-state index is 12.7. The Morgan fingerprint density at radius 1 is 1.38 bits per heavy atom. The van der Waals surface area contributed by atoms with E-state index >= 15 is 0 Å². The van der Waals surface area contributed by atoms with E-state index in [1.165, 1.54) is 0 Å². The van der Waals surface area contributed by atoms with Gasteiger partial charge in [-0.2, -0.15) is 13.2 Å². The first-order valence-electron chi connectivity index (χ1n) is 3.88. The Bertz CT molecular complexity index is 434. The molecule has 0 aliphatic rings. The molecule has 3 nitrogen and oxygen atoms in total. The van der Waals surface area contributed by atoms with Gasteiger partial charge in [-0.25, -0.2) is 0 Å². The van der Waals surface area contributed by atoms with Crippen LogP contribution in [0.1, 0.15) is 11.1 Å². The van der Waals surface area contributed by atoms with Gasteiger partial charge in [-0.1, -0.05) is 22.0 Å². The zero-order valence-electron chi connectivity index (χ0n) is 7.52.